The number of hydrogen-bond donors (Lipinski definition) is 3. The second kappa shape index (κ2) is 9.68. The summed E-state index contributed by atoms with van der Waals surface area (Å²) in [5.41, 5.74) is 0. The highest BCUT2D eigenvalue weighted by atomic mass is 16.3. The van der Waals surface area contributed by atoms with Crippen LogP contribution in [0, 0.1) is 0 Å². The molecule has 116 valence electrons. The lowest BCUT2D eigenvalue weighted by Crippen LogP contribution is -2.53. The molecule has 0 radical (unpaired) electrons. The molecule has 0 atom stereocenters. The zero-order valence-corrected chi connectivity index (χ0v) is 11.9. The maximum Gasteiger partial charge on any atom is 0.311 e. The van der Waals surface area contributed by atoms with Crippen molar-refractivity contribution in [3.63, 3.8) is 0 Å². The first kappa shape index (κ1) is 16.9. The first-order valence-corrected chi connectivity index (χ1v) is 7.20. The van der Waals surface area contributed by atoms with Crippen molar-refractivity contribution in [3.8, 4) is 0 Å². The maximum absolute atomic E-state index is 11.9. The smallest absolute Gasteiger partial charge is 0.311 e. The van der Waals surface area contributed by atoms with E-state index < -0.39 is 11.8 Å². The predicted octanol–water partition coefficient (Wildman–Crippen LogP) is -1.60. The molecular formula is C13H25N3O4. The first-order chi connectivity index (χ1) is 9.69. The minimum absolute atomic E-state index is 0.113. The van der Waals surface area contributed by atoms with E-state index in [1.54, 1.807) is 4.90 Å². The highest BCUT2D eigenvalue weighted by Gasteiger charge is 2.25. The lowest BCUT2D eigenvalue weighted by molar-refractivity contribution is -0.147. The second-order valence-corrected chi connectivity index (χ2v) is 4.90. The number of amides is 2. The molecule has 0 aromatic rings. The van der Waals surface area contributed by atoms with Crippen LogP contribution in [0.2, 0.25) is 0 Å². The lowest BCUT2D eigenvalue weighted by atomic mass is 10.2. The van der Waals surface area contributed by atoms with Gasteiger partial charge in [0, 0.05) is 45.9 Å². The van der Waals surface area contributed by atoms with E-state index in [0.717, 1.165) is 19.3 Å². The SMILES string of the molecule is O=C(NCCCCCO)C(=O)N1CCN(CCO)CC1. The number of aliphatic hydroxyl groups is 2. The summed E-state index contributed by atoms with van der Waals surface area (Å²) in [6.07, 6.45) is 2.32. The summed E-state index contributed by atoms with van der Waals surface area (Å²) in [4.78, 5) is 27.2. The van der Waals surface area contributed by atoms with E-state index in [-0.39, 0.29) is 13.2 Å². The van der Waals surface area contributed by atoms with Gasteiger partial charge < -0.3 is 20.4 Å². The topological polar surface area (TPSA) is 93.1 Å². The van der Waals surface area contributed by atoms with E-state index in [1.807, 2.05) is 0 Å². The van der Waals surface area contributed by atoms with Crippen LogP contribution in [0.15, 0.2) is 0 Å². The molecule has 0 spiro atoms. The van der Waals surface area contributed by atoms with Crippen LogP contribution in [0.3, 0.4) is 0 Å². The summed E-state index contributed by atoms with van der Waals surface area (Å²) in [5.74, 6) is -1.03. The molecule has 0 aromatic carbocycles. The van der Waals surface area contributed by atoms with Crippen molar-refractivity contribution in [1.82, 2.24) is 15.1 Å². The van der Waals surface area contributed by atoms with Crippen molar-refractivity contribution in [2.45, 2.75) is 19.3 Å². The van der Waals surface area contributed by atoms with Gasteiger partial charge in [0.1, 0.15) is 0 Å². The van der Waals surface area contributed by atoms with Gasteiger partial charge in [-0.2, -0.15) is 0 Å². The second-order valence-electron chi connectivity index (χ2n) is 4.90. The Morgan fingerprint density at radius 1 is 0.950 bits per heavy atom. The average Bonchev–Trinajstić information content (AvgIpc) is 2.47. The van der Waals surface area contributed by atoms with E-state index >= 15 is 0 Å². The van der Waals surface area contributed by atoms with Gasteiger partial charge in [-0.1, -0.05) is 0 Å². The molecule has 1 aliphatic heterocycles. The molecule has 3 N–H and O–H groups in total. The molecule has 7 heteroatoms. The molecule has 1 saturated heterocycles. The molecular weight excluding hydrogens is 262 g/mol. The molecule has 0 saturated carbocycles. The molecule has 1 heterocycles. The number of nitrogens with zero attached hydrogens (tertiary/aromatic N) is 2. The van der Waals surface area contributed by atoms with Gasteiger partial charge in [-0.25, -0.2) is 0 Å². The number of aliphatic hydroxyl groups excluding tert-OH is 2. The van der Waals surface area contributed by atoms with Crippen LogP contribution in [0.5, 0.6) is 0 Å². The predicted molar refractivity (Wildman–Crippen MR) is 74.1 cm³/mol. The summed E-state index contributed by atoms with van der Waals surface area (Å²) in [5, 5.41) is 20.1. The van der Waals surface area contributed by atoms with Crippen molar-refractivity contribution < 1.29 is 19.8 Å². The molecule has 2 amide bonds. The van der Waals surface area contributed by atoms with E-state index in [1.165, 1.54) is 0 Å². The molecule has 1 aliphatic rings. The monoisotopic (exact) mass is 287 g/mol. The third-order valence-electron chi connectivity index (χ3n) is 3.39. The van der Waals surface area contributed by atoms with Gasteiger partial charge in [-0.15, -0.1) is 0 Å². The van der Waals surface area contributed by atoms with Crippen LogP contribution in [-0.4, -0.2) is 84.3 Å². The number of rotatable bonds is 7. The Morgan fingerprint density at radius 2 is 1.65 bits per heavy atom. The zero-order chi connectivity index (χ0) is 14.8. The number of carbonyl (C=O) groups excluding carboxylic acids is 2. The maximum atomic E-state index is 11.9. The quantitative estimate of drug-likeness (QED) is 0.387. The average molecular weight is 287 g/mol. The lowest BCUT2D eigenvalue weighted by Gasteiger charge is -2.33. The molecule has 0 unspecified atom stereocenters. The van der Waals surface area contributed by atoms with Gasteiger partial charge in [0.2, 0.25) is 0 Å². The van der Waals surface area contributed by atoms with E-state index in [0.29, 0.717) is 39.3 Å². The Morgan fingerprint density at radius 3 is 2.25 bits per heavy atom. The van der Waals surface area contributed by atoms with Gasteiger partial charge in [0.15, 0.2) is 0 Å². The summed E-state index contributed by atoms with van der Waals surface area (Å²) < 4.78 is 0. The molecule has 1 fully saturated rings. The van der Waals surface area contributed by atoms with Crippen molar-refractivity contribution in [2.24, 2.45) is 0 Å². The van der Waals surface area contributed by atoms with Crippen molar-refractivity contribution in [1.29, 1.82) is 0 Å². The fourth-order valence-electron chi connectivity index (χ4n) is 2.15. The van der Waals surface area contributed by atoms with Gasteiger partial charge in [-0.05, 0) is 19.3 Å². The molecule has 0 aliphatic carbocycles. The molecule has 20 heavy (non-hydrogen) atoms. The van der Waals surface area contributed by atoms with E-state index in [2.05, 4.69) is 10.2 Å². The largest absolute Gasteiger partial charge is 0.396 e. The fourth-order valence-corrected chi connectivity index (χ4v) is 2.15. The fraction of sp³-hybridized carbons (Fsp3) is 0.846. The zero-order valence-electron chi connectivity index (χ0n) is 11.9. The molecule has 0 aromatic heterocycles. The summed E-state index contributed by atoms with van der Waals surface area (Å²) in [6.45, 7) is 3.78. The van der Waals surface area contributed by atoms with Crippen LogP contribution in [-0.2, 0) is 9.59 Å². The van der Waals surface area contributed by atoms with Gasteiger partial charge >= 0.3 is 11.8 Å². The number of piperazine rings is 1. The molecule has 0 bridgehead atoms. The normalized spacial score (nSPS) is 16.2. The minimum Gasteiger partial charge on any atom is -0.396 e. The Hall–Kier alpha value is -1.18. The first-order valence-electron chi connectivity index (χ1n) is 7.20. The van der Waals surface area contributed by atoms with Crippen LogP contribution in [0.4, 0.5) is 0 Å². The van der Waals surface area contributed by atoms with E-state index in [4.69, 9.17) is 10.2 Å². The van der Waals surface area contributed by atoms with Crippen molar-refractivity contribution >= 4 is 11.8 Å². The molecule has 7 nitrogen and oxygen atoms in total. The number of nitrogens with one attached hydrogen (secondary N) is 1. The van der Waals surface area contributed by atoms with Gasteiger partial charge in [0.25, 0.3) is 0 Å². The number of hydrogen-bond acceptors (Lipinski definition) is 5. The third kappa shape index (κ3) is 5.85. The Balaban J connectivity index is 2.19. The summed E-state index contributed by atoms with van der Waals surface area (Å²) in [6, 6.07) is 0. The van der Waals surface area contributed by atoms with Gasteiger partial charge in [-0.3, -0.25) is 14.5 Å². The van der Waals surface area contributed by atoms with Crippen LogP contribution < -0.4 is 5.32 Å². The summed E-state index contributed by atoms with van der Waals surface area (Å²) >= 11 is 0. The minimum atomic E-state index is -0.551. The summed E-state index contributed by atoms with van der Waals surface area (Å²) in [7, 11) is 0. The van der Waals surface area contributed by atoms with Crippen LogP contribution in [0.1, 0.15) is 19.3 Å². The number of β-amino-alcohol motifs (C(OH)–C–C–N with tert-alkyl or cyclic N) is 1. The van der Waals surface area contributed by atoms with E-state index in [9.17, 15) is 9.59 Å². The number of carbonyl (C=O) groups is 2. The standard InChI is InChI=1S/C13H25N3O4/c17-10-3-1-2-4-14-12(19)13(20)16-7-5-15(6-8-16)9-11-18/h17-18H,1-11H2,(H,14,19). The van der Waals surface area contributed by atoms with Crippen LogP contribution in [0.25, 0.3) is 0 Å². The third-order valence-corrected chi connectivity index (χ3v) is 3.39. The van der Waals surface area contributed by atoms with Crippen LogP contribution >= 0.6 is 0 Å². The van der Waals surface area contributed by atoms with Crippen molar-refractivity contribution in [3.05, 3.63) is 0 Å². The molecule has 1 rings (SSSR count). The van der Waals surface area contributed by atoms with Gasteiger partial charge in [0.05, 0.1) is 6.61 Å². The Bertz CT molecular complexity index is 304. The Labute approximate surface area is 119 Å². The highest BCUT2D eigenvalue weighted by Crippen LogP contribution is 2.02. The highest BCUT2D eigenvalue weighted by molar-refractivity contribution is 6.35. The van der Waals surface area contributed by atoms with Crippen molar-refractivity contribution in [2.75, 3.05) is 52.5 Å². The Kier molecular flexibility index (Phi) is 8.17. The number of unbranched alkanes of at least 4 members (excludes halogenated alkanes) is 2.